The van der Waals surface area contributed by atoms with Crippen molar-refractivity contribution < 1.29 is 4.74 Å². The van der Waals surface area contributed by atoms with E-state index in [-0.39, 0.29) is 5.60 Å². The zero-order valence-electron chi connectivity index (χ0n) is 13.4. The van der Waals surface area contributed by atoms with Crippen LogP contribution in [0.3, 0.4) is 0 Å². The number of nitrogens with zero attached hydrogens (tertiary/aromatic N) is 4. The molecule has 0 spiro atoms. The fraction of sp³-hybridized carbons (Fsp3) is 0.294. The van der Waals surface area contributed by atoms with Crippen LogP contribution in [-0.4, -0.2) is 25.5 Å². The smallest absolute Gasteiger partial charge is 0.214 e. The predicted molar refractivity (Wildman–Crippen MR) is 89.3 cm³/mol. The largest absolute Gasteiger partial charge is 0.472 e. The topological polar surface area (TPSA) is 72.8 Å². The average molecular weight is 309 g/mol. The highest BCUT2D eigenvalue weighted by Gasteiger charge is 2.12. The Morgan fingerprint density at radius 3 is 2.65 bits per heavy atom. The Labute approximate surface area is 135 Å². The number of fused-ring (bicyclic) bond motifs is 1. The minimum atomic E-state index is -0.266. The van der Waals surface area contributed by atoms with Gasteiger partial charge in [-0.2, -0.15) is 0 Å². The highest BCUT2D eigenvalue weighted by molar-refractivity contribution is 5.71. The molecule has 3 rings (SSSR count). The second kappa shape index (κ2) is 6.16. The molecular weight excluding hydrogens is 290 g/mol. The second-order valence-electron chi connectivity index (χ2n) is 6.17. The molecule has 23 heavy (non-hydrogen) atoms. The molecule has 0 radical (unpaired) electrons. The molecule has 118 valence electrons. The van der Waals surface area contributed by atoms with Crippen LogP contribution >= 0.6 is 0 Å². The molecule has 0 fully saturated rings. The lowest BCUT2D eigenvalue weighted by Crippen LogP contribution is -2.23. The lowest BCUT2D eigenvalue weighted by Gasteiger charge is -2.20. The first kappa shape index (κ1) is 15.1. The molecule has 0 unspecified atom stereocenters. The molecule has 0 aromatic carbocycles. The number of pyridine rings is 2. The van der Waals surface area contributed by atoms with Crippen molar-refractivity contribution >= 4 is 17.0 Å². The summed E-state index contributed by atoms with van der Waals surface area (Å²) in [6.07, 6.45) is 5.04. The van der Waals surface area contributed by atoms with E-state index >= 15 is 0 Å². The first-order valence-electron chi connectivity index (χ1n) is 7.45. The third kappa shape index (κ3) is 4.12. The van der Waals surface area contributed by atoms with Crippen LogP contribution in [-0.2, 0) is 6.54 Å². The number of rotatable bonds is 4. The van der Waals surface area contributed by atoms with E-state index in [0.29, 0.717) is 18.1 Å². The fourth-order valence-corrected chi connectivity index (χ4v) is 2.08. The summed E-state index contributed by atoms with van der Waals surface area (Å²) in [6.45, 7) is 6.63. The fourth-order valence-electron chi connectivity index (χ4n) is 2.08. The molecule has 1 N–H and O–H groups in total. The number of hydrogen-bond acceptors (Lipinski definition) is 6. The van der Waals surface area contributed by atoms with Crippen molar-refractivity contribution in [2.45, 2.75) is 32.9 Å². The summed E-state index contributed by atoms with van der Waals surface area (Å²) in [7, 11) is 0. The van der Waals surface area contributed by atoms with Gasteiger partial charge in [0, 0.05) is 31.2 Å². The van der Waals surface area contributed by atoms with Crippen LogP contribution in [0.15, 0.2) is 42.9 Å². The molecule has 0 aliphatic rings. The number of ether oxygens (including phenoxy) is 1. The second-order valence-corrected chi connectivity index (χ2v) is 6.17. The zero-order valence-corrected chi connectivity index (χ0v) is 13.4. The Kier molecular flexibility index (Phi) is 4.06. The van der Waals surface area contributed by atoms with E-state index in [4.69, 9.17) is 4.74 Å². The van der Waals surface area contributed by atoms with E-state index in [1.807, 2.05) is 45.0 Å². The van der Waals surface area contributed by atoms with Gasteiger partial charge in [0.15, 0.2) is 5.65 Å². The van der Waals surface area contributed by atoms with Crippen molar-refractivity contribution in [2.75, 3.05) is 5.32 Å². The molecule has 6 nitrogen and oxygen atoms in total. The lowest BCUT2D eigenvalue weighted by molar-refractivity contribution is 0.124. The Morgan fingerprint density at radius 2 is 1.83 bits per heavy atom. The van der Waals surface area contributed by atoms with Crippen LogP contribution in [0.5, 0.6) is 5.88 Å². The van der Waals surface area contributed by atoms with Crippen LogP contribution < -0.4 is 10.1 Å². The Morgan fingerprint density at radius 1 is 1.00 bits per heavy atom. The van der Waals surface area contributed by atoms with Crippen LogP contribution in [0.25, 0.3) is 11.2 Å². The van der Waals surface area contributed by atoms with Gasteiger partial charge >= 0.3 is 0 Å². The standard InChI is InChI=1S/C17H19N5O/c1-17(2,3)23-15-10-12(6-7-19-15)11-21-14-5-4-13-16(22-14)20-9-8-18-13/h4-10H,11H2,1-3H3,(H,20,21,22). The SMILES string of the molecule is CC(C)(C)Oc1cc(CNc2ccc3nccnc3n2)ccn1. The van der Waals surface area contributed by atoms with Crippen molar-refractivity contribution in [3.8, 4) is 5.88 Å². The van der Waals surface area contributed by atoms with Crippen molar-refractivity contribution in [1.82, 2.24) is 19.9 Å². The number of aromatic nitrogens is 4. The molecule has 6 heteroatoms. The van der Waals surface area contributed by atoms with Crippen molar-refractivity contribution in [3.63, 3.8) is 0 Å². The maximum atomic E-state index is 5.78. The first-order valence-corrected chi connectivity index (χ1v) is 7.45. The summed E-state index contributed by atoms with van der Waals surface area (Å²) in [5.74, 6) is 1.38. The minimum absolute atomic E-state index is 0.266. The van der Waals surface area contributed by atoms with E-state index in [1.54, 1.807) is 18.6 Å². The van der Waals surface area contributed by atoms with Gasteiger partial charge in [-0.3, -0.25) is 4.98 Å². The summed E-state index contributed by atoms with van der Waals surface area (Å²) in [5, 5.41) is 3.28. The van der Waals surface area contributed by atoms with E-state index < -0.39 is 0 Å². The number of hydrogen-bond donors (Lipinski definition) is 1. The molecule has 0 saturated heterocycles. The van der Waals surface area contributed by atoms with Gasteiger partial charge in [-0.05, 0) is 44.5 Å². The Balaban J connectivity index is 1.70. The zero-order chi connectivity index (χ0) is 16.3. The van der Waals surface area contributed by atoms with Crippen molar-refractivity contribution in [3.05, 3.63) is 48.4 Å². The van der Waals surface area contributed by atoms with Crippen LogP contribution in [0.2, 0.25) is 0 Å². The van der Waals surface area contributed by atoms with Crippen LogP contribution in [0.1, 0.15) is 26.3 Å². The van der Waals surface area contributed by atoms with Crippen LogP contribution in [0.4, 0.5) is 5.82 Å². The first-order chi connectivity index (χ1) is 11.0. The third-order valence-corrected chi connectivity index (χ3v) is 3.02. The van der Waals surface area contributed by atoms with Crippen LogP contribution in [0, 0.1) is 0 Å². The van der Waals surface area contributed by atoms with Gasteiger partial charge in [-0.15, -0.1) is 0 Å². The van der Waals surface area contributed by atoms with Gasteiger partial charge in [0.2, 0.25) is 5.88 Å². The Hall–Kier alpha value is -2.76. The number of nitrogens with one attached hydrogen (secondary N) is 1. The maximum Gasteiger partial charge on any atom is 0.214 e. The molecule has 3 aromatic rings. The van der Waals surface area contributed by atoms with Gasteiger partial charge in [0.1, 0.15) is 16.9 Å². The van der Waals surface area contributed by atoms with E-state index in [1.165, 1.54) is 0 Å². The Bertz CT molecular complexity index is 813. The normalized spacial score (nSPS) is 11.4. The van der Waals surface area contributed by atoms with Gasteiger partial charge in [0.25, 0.3) is 0 Å². The van der Waals surface area contributed by atoms with Crippen molar-refractivity contribution in [2.24, 2.45) is 0 Å². The van der Waals surface area contributed by atoms with Gasteiger partial charge in [-0.1, -0.05) is 0 Å². The minimum Gasteiger partial charge on any atom is -0.472 e. The van der Waals surface area contributed by atoms with Gasteiger partial charge < -0.3 is 10.1 Å². The van der Waals surface area contributed by atoms with Gasteiger partial charge in [-0.25, -0.2) is 15.0 Å². The molecule has 0 bridgehead atoms. The quantitative estimate of drug-likeness (QED) is 0.798. The van der Waals surface area contributed by atoms with E-state index in [0.717, 1.165) is 16.9 Å². The summed E-state index contributed by atoms with van der Waals surface area (Å²) in [5.41, 5.74) is 2.21. The molecule has 0 aliphatic carbocycles. The summed E-state index contributed by atoms with van der Waals surface area (Å²) < 4.78 is 5.78. The van der Waals surface area contributed by atoms with Gasteiger partial charge in [0.05, 0.1) is 0 Å². The lowest BCUT2D eigenvalue weighted by atomic mass is 10.2. The molecule has 3 heterocycles. The summed E-state index contributed by atoms with van der Waals surface area (Å²) in [4.78, 5) is 17.1. The molecule has 0 atom stereocenters. The number of anilines is 1. The maximum absolute atomic E-state index is 5.78. The molecule has 3 aromatic heterocycles. The van der Waals surface area contributed by atoms with E-state index in [9.17, 15) is 0 Å². The third-order valence-electron chi connectivity index (χ3n) is 3.02. The van der Waals surface area contributed by atoms with Crippen molar-refractivity contribution in [1.29, 1.82) is 0 Å². The molecule has 0 aliphatic heterocycles. The molecule has 0 amide bonds. The predicted octanol–water partition coefficient (Wildman–Crippen LogP) is 3.21. The summed E-state index contributed by atoms with van der Waals surface area (Å²) >= 11 is 0. The molecular formula is C17H19N5O. The average Bonchev–Trinajstić information content (AvgIpc) is 2.51. The monoisotopic (exact) mass is 309 g/mol. The highest BCUT2D eigenvalue weighted by atomic mass is 16.5. The summed E-state index contributed by atoms with van der Waals surface area (Å²) in [6, 6.07) is 7.67. The molecule has 0 saturated carbocycles. The van der Waals surface area contributed by atoms with E-state index in [2.05, 4.69) is 25.3 Å². The highest BCUT2D eigenvalue weighted by Crippen LogP contribution is 2.17.